The van der Waals surface area contributed by atoms with Crippen LogP contribution in [0, 0.1) is 0 Å². The second-order valence-electron chi connectivity index (χ2n) is 7.39. The first-order valence-electron chi connectivity index (χ1n) is 10.6. The molecule has 31 heavy (non-hydrogen) atoms. The minimum absolute atomic E-state index is 0.0901. The molecule has 1 atom stereocenters. The summed E-state index contributed by atoms with van der Waals surface area (Å²) in [6.07, 6.45) is 3.98. The molecule has 164 valence electrons. The first-order valence-corrected chi connectivity index (χ1v) is 10.6. The maximum absolute atomic E-state index is 13.0. The molecule has 0 spiro atoms. The van der Waals surface area contributed by atoms with E-state index in [-0.39, 0.29) is 11.3 Å². The van der Waals surface area contributed by atoms with Crippen molar-refractivity contribution >= 4 is 17.4 Å². The first-order chi connectivity index (χ1) is 15.0. The van der Waals surface area contributed by atoms with Crippen molar-refractivity contribution in [1.29, 1.82) is 0 Å². The quantitative estimate of drug-likeness (QED) is 0.379. The van der Waals surface area contributed by atoms with E-state index in [1.54, 1.807) is 53.7 Å². The summed E-state index contributed by atoms with van der Waals surface area (Å²) < 4.78 is 5.24. The highest BCUT2D eigenvalue weighted by Crippen LogP contribution is 2.39. The molecule has 2 heterocycles. The van der Waals surface area contributed by atoms with Crippen LogP contribution in [0.3, 0.4) is 0 Å². The molecule has 1 saturated heterocycles. The standard InChI is InChI=1S/C24H29N3O4/c1-4-26(5-2)14-7-15-27-21(17-10-12-25-13-11-17)20(23(29)24(27)30)22(28)18-8-6-9-19(16-18)31-3/h6,8-13,16,21,28H,4-5,7,14-15H2,1-3H3/b22-20-. The maximum Gasteiger partial charge on any atom is 0.295 e. The number of aliphatic hydroxyl groups is 1. The lowest BCUT2D eigenvalue weighted by Gasteiger charge is -2.26. The number of benzene rings is 1. The second kappa shape index (κ2) is 10.2. The largest absolute Gasteiger partial charge is 0.507 e. The number of likely N-dealkylation sites (tertiary alicyclic amines) is 1. The van der Waals surface area contributed by atoms with Gasteiger partial charge < -0.3 is 19.6 Å². The van der Waals surface area contributed by atoms with Gasteiger partial charge in [0.2, 0.25) is 0 Å². The van der Waals surface area contributed by atoms with Crippen molar-refractivity contribution in [3.8, 4) is 5.75 Å². The molecule has 7 heteroatoms. The number of pyridine rings is 1. The van der Waals surface area contributed by atoms with Crippen LogP contribution in [-0.2, 0) is 9.59 Å². The molecule has 1 fully saturated rings. The Kier molecular flexibility index (Phi) is 7.41. The minimum atomic E-state index is -0.676. The van der Waals surface area contributed by atoms with Gasteiger partial charge in [-0.25, -0.2) is 0 Å². The molecular weight excluding hydrogens is 394 g/mol. The van der Waals surface area contributed by atoms with E-state index in [0.717, 1.165) is 31.6 Å². The van der Waals surface area contributed by atoms with Crippen LogP contribution in [0.1, 0.15) is 37.4 Å². The van der Waals surface area contributed by atoms with Gasteiger partial charge >= 0.3 is 0 Å². The summed E-state index contributed by atoms with van der Waals surface area (Å²) in [7, 11) is 1.53. The molecule has 1 N–H and O–H groups in total. The number of nitrogens with zero attached hydrogens (tertiary/aromatic N) is 3. The van der Waals surface area contributed by atoms with E-state index in [2.05, 4.69) is 23.7 Å². The van der Waals surface area contributed by atoms with E-state index >= 15 is 0 Å². The Balaban J connectivity index is 2.01. The Bertz CT molecular complexity index is 954. The summed E-state index contributed by atoms with van der Waals surface area (Å²) in [5, 5.41) is 11.1. The van der Waals surface area contributed by atoms with Crippen molar-refractivity contribution in [2.45, 2.75) is 26.3 Å². The first kappa shape index (κ1) is 22.5. The van der Waals surface area contributed by atoms with Crippen molar-refractivity contribution in [3.63, 3.8) is 0 Å². The van der Waals surface area contributed by atoms with Crippen LogP contribution in [0.5, 0.6) is 5.75 Å². The van der Waals surface area contributed by atoms with E-state index < -0.39 is 17.7 Å². The van der Waals surface area contributed by atoms with Crippen molar-refractivity contribution < 1.29 is 19.4 Å². The summed E-state index contributed by atoms with van der Waals surface area (Å²) in [5.74, 6) is -0.918. The Labute approximate surface area is 183 Å². The maximum atomic E-state index is 13.0. The molecule has 1 unspecified atom stereocenters. The number of Topliss-reactive ketones (excluding diaryl/α,β-unsaturated/α-hetero) is 1. The SMILES string of the molecule is CCN(CC)CCCN1C(=O)C(=O)/C(=C(\O)c2cccc(OC)c2)C1c1ccncc1. The van der Waals surface area contributed by atoms with Crippen LogP contribution >= 0.6 is 0 Å². The molecule has 3 rings (SSSR count). The number of amides is 1. The summed E-state index contributed by atoms with van der Waals surface area (Å²) in [6, 6.07) is 9.70. The fraction of sp³-hybridized carbons (Fsp3) is 0.375. The Morgan fingerprint density at radius 3 is 2.52 bits per heavy atom. The van der Waals surface area contributed by atoms with Crippen LogP contribution < -0.4 is 4.74 Å². The molecule has 1 aliphatic heterocycles. The molecule has 0 bridgehead atoms. The van der Waals surface area contributed by atoms with Crippen LogP contribution in [0.2, 0.25) is 0 Å². The average molecular weight is 424 g/mol. The molecule has 1 amide bonds. The van der Waals surface area contributed by atoms with Crippen LogP contribution in [0.25, 0.3) is 5.76 Å². The highest BCUT2D eigenvalue weighted by Gasteiger charge is 2.45. The normalized spacial score (nSPS) is 18.1. The average Bonchev–Trinajstić information content (AvgIpc) is 3.07. The predicted octanol–water partition coefficient (Wildman–Crippen LogP) is 3.24. The lowest BCUT2D eigenvalue weighted by Crippen LogP contribution is -2.33. The Morgan fingerprint density at radius 1 is 1.16 bits per heavy atom. The Hall–Kier alpha value is -3.19. The molecule has 7 nitrogen and oxygen atoms in total. The third-order valence-corrected chi connectivity index (χ3v) is 5.67. The van der Waals surface area contributed by atoms with Gasteiger partial charge in [-0.1, -0.05) is 26.0 Å². The molecule has 1 aliphatic rings. The zero-order chi connectivity index (χ0) is 22.4. The van der Waals surface area contributed by atoms with E-state index in [0.29, 0.717) is 17.9 Å². The number of rotatable bonds is 9. The molecule has 2 aromatic rings. The van der Waals surface area contributed by atoms with Gasteiger partial charge in [0.05, 0.1) is 18.7 Å². The smallest absolute Gasteiger partial charge is 0.295 e. The minimum Gasteiger partial charge on any atom is -0.507 e. The van der Waals surface area contributed by atoms with Crippen molar-refractivity contribution in [3.05, 3.63) is 65.5 Å². The monoisotopic (exact) mass is 423 g/mol. The lowest BCUT2D eigenvalue weighted by molar-refractivity contribution is -0.140. The van der Waals surface area contributed by atoms with E-state index in [1.165, 1.54) is 7.11 Å². The Morgan fingerprint density at radius 2 is 1.87 bits per heavy atom. The van der Waals surface area contributed by atoms with Crippen molar-refractivity contribution in [2.75, 3.05) is 33.3 Å². The summed E-state index contributed by atoms with van der Waals surface area (Å²) in [4.78, 5) is 33.8. The van der Waals surface area contributed by atoms with E-state index in [9.17, 15) is 14.7 Å². The molecule has 0 aliphatic carbocycles. The van der Waals surface area contributed by atoms with Gasteiger partial charge in [0.15, 0.2) is 0 Å². The number of aromatic nitrogens is 1. The number of methoxy groups -OCH3 is 1. The summed E-state index contributed by atoms with van der Waals surface area (Å²) in [6.45, 7) is 7.30. The van der Waals surface area contributed by atoms with Crippen molar-refractivity contribution in [2.24, 2.45) is 0 Å². The zero-order valence-electron chi connectivity index (χ0n) is 18.2. The van der Waals surface area contributed by atoms with E-state index in [1.807, 2.05) is 0 Å². The lowest BCUT2D eigenvalue weighted by atomic mass is 9.96. The zero-order valence-corrected chi connectivity index (χ0v) is 18.2. The van der Waals surface area contributed by atoms with Gasteiger partial charge in [-0.3, -0.25) is 14.6 Å². The fourth-order valence-electron chi connectivity index (χ4n) is 3.93. The second-order valence-corrected chi connectivity index (χ2v) is 7.39. The van der Waals surface area contributed by atoms with Gasteiger partial charge in [0, 0.05) is 24.5 Å². The predicted molar refractivity (Wildman–Crippen MR) is 119 cm³/mol. The highest BCUT2D eigenvalue weighted by molar-refractivity contribution is 6.46. The third kappa shape index (κ3) is 4.77. The number of ketones is 1. The third-order valence-electron chi connectivity index (χ3n) is 5.67. The number of ether oxygens (including phenoxy) is 1. The topological polar surface area (TPSA) is 83.0 Å². The molecule has 0 saturated carbocycles. The van der Waals surface area contributed by atoms with E-state index in [4.69, 9.17) is 4.74 Å². The number of aliphatic hydroxyl groups excluding tert-OH is 1. The number of carbonyl (C=O) groups is 2. The van der Waals surface area contributed by atoms with Crippen LogP contribution in [0.4, 0.5) is 0 Å². The fourth-order valence-corrected chi connectivity index (χ4v) is 3.93. The molecule has 1 aromatic carbocycles. The molecule has 0 radical (unpaired) electrons. The number of hydrogen-bond acceptors (Lipinski definition) is 6. The summed E-state index contributed by atoms with van der Waals surface area (Å²) >= 11 is 0. The van der Waals surface area contributed by atoms with Crippen LogP contribution in [0.15, 0.2) is 54.4 Å². The van der Waals surface area contributed by atoms with Gasteiger partial charge in [-0.2, -0.15) is 0 Å². The highest BCUT2D eigenvalue weighted by atomic mass is 16.5. The van der Waals surface area contributed by atoms with Gasteiger partial charge in [-0.15, -0.1) is 0 Å². The number of hydrogen-bond donors (Lipinski definition) is 1. The van der Waals surface area contributed by atoms with Gasteiger partial charge in [-0.05, 0) is 55.9 Å². The van der Waals surface area contributed by atoms with Crippen LogP contribution in [-0.4, -0.2) is 64.9 Å². The number of carbonyl (C=O) groups excluding carboxylic acids is 2. The summed E-state index contributed by atoms with van der Waals surface area (Å²) in [5.41, 5.74) is 1.26. The molecular formula is C24H29N3O4. The van der Waals surface area contributed by atoms with Crippen molar-refractivity contribution in [1.82, 2.24) is 14.8 Å². The van der Waals surface area contributed by atoms with Gasteiger partial charge in [0.25, 0.3) is 11.7 Å². The van der Waals surface area contributed by atoms with Gasteiger partial charge in [0.1, 0.15) is 11.5 Å². The molecule has 1 aromatic heterocycles.